The summed E-state index contributed by atoms with van der Waals surface area (Å²) in [6.45, 7) is 16.5. The third-order valence-corrected chi connectivity index (χ3v) is 10.4. The predicted octanol–water partition coefficient (Wildman–Crippen LogP) is 7.21. The summed E-state index contributed by atoms with van der Waals surface area (Å²) in [5.74, 6) is 1.36. The summed E-state index contributed by atoms with van der Waals surface area (Å²) in [5, 5.41) is 4.71. The maximum absolute atomic E-state index is 12.9. The first-order chi connectivity index (χ1) is 22.1. The molecule has 0 saturated carbocycles. The molecule has 10 heteroatoms. The molecular weight excluding hydrogens is 693 g/mol. The summed E-state index contributed by atoms with van der Waals surface area (Å²) in [5.41, 5.74) is 1.41. The molecule has 0 bridgehead atoms. The molecule has 3 aliphatic rings. The van der Waals surface area contributed by atoms with E-state index in [4.69, 9.17) is 24.2 Å². The zero-order chi connectivity index (χ0) is 32.7. The number of hydrogen-bond donors (Lipinski definition) is 1. The molecule has 2 aromatic rings. The summed E-state index contributed by atoms with van der Waals surface area (Å²) >= 11 is 2.42. The van der Waals surface area contributed by atoms with Crippen LogP contribution in [0, 0.1) is 9.49 Å². The second-order valence-electron chi connectivity index (χ2n) is 14.5. The minimum atomic E-state index is -0.505. The number of piperidine rings is 1. The van der Waals surface area contributed by atoms with Crippen molar-refractivity contribution < 1.29 is 19.0 Å². The predicted molar refractivity (Wildman–Crippen MR) is 191 cm³/mol. The fourth-order valence-electron chi connectivity index (χ4n) is 7.62. The van der Waals surface area contributed by atoms with Crippen molar-refractivity contribution in [2.45, 2.75) is 116 Å². The van der Waals surface area contributed by atoms with Gasteiger partial charge in [0.1, 0.15) is 11.4 Å². The second-order valence-corrected chi connectivity index (χ2v) is 15.8. The van der Waals surface area contributed by atoms with E-state index >= 15 is 0 Å². The lowest BCUT2D eigenvalue weighted by atomic mass is 9.75. The number of piperazine rings is 1. The molecule has 3 fully saturated rings. The van der Waals surface area contributed by atoms with Crippen molar-refractivity contribution in [1.82, 2.24) is 25.1 Å². The first kappa shape index (κ1) is 35.7. The van der Waals surface area contributed by atoms with Crippen molar-refractivity contribution in [3.63, 3.8) is 0 Å². The number of aromatic nitrogens is 2. The zero-order valence-corrected chi connectivity index (χ0v) is 30.9. The highest BCUT2D eigenvalue weighted by Crippen LogP contribution is 2.41. The molecule has 0 radical (unpaired) electrons. The van der Waals surface area contributed by atoms with E-state index < -0.39 is 5.60 Å². The highest BCUT2D eigenvalue weighted by atomic mass is 127. The van der Waals surface area contributed by atoms with Gasteiger partial charge in [-0.15, -0.1) is 0 Å². The summed E-state index contributed by atoms with van der Waals surface area (Å²) in [6.07, 6.45) is 9.09. The summed E-state index contributed by atoms with van der Waals surface area (Å²) < 4.78 is 19.6. The Labute approximate surface area is 290 Å². The third kappa shape index (κ3) is 8.89. The fourth-order valence-corrected chi connectivity index (χ4v) is 8.11. The van der Waals surface area contributed by atoms with Gasteiger partial charge >= 0.3 is 6.09 Å². The van der Waals surface area contributed by atoms with Gasteiger partial charge in [-0.1, -0.05) is 26.7 Å². The molecule has 0 aliphatic carbocycles. The zero-order valence-electron chi connectivity index (χ0n) is 28.8. The Morgan fingerprint density at radius 3 is 2.39 bits per heavy atom. The molecule has 3 saturated heterocycles. The number of nitrogens with zero attached hydrogens (tertiary/aromatic N) is 4. The molecule has 2 atom stereocenters. The van der Waals surface area contributed by atoms with Crippen LogP contribution in [0.2, 0.25) is 0 Å². The molecule has 1 N–H and O–H groups in total. The van der Waals surface area contributed by atoms with Crippen LogP contribution in [0.4, 0.5) is 4.79 Å². The van der Waals surface area contributed by atoms with Gasteiger partial charge in [0.2, 0.25) is 0 Å². The maximum Gasteiger partial charge on any atom is 0.410 e. The van der Waals surface area contributed by atoms with Gasteiger partial charge in [-0.3, -0.25) is 4.90 Å². The Morgan fingerprint density at radius 2 is 1.76 bits per heavy atom. The number of benzene rings is 1. The average molecular weight is 750 g/mol. The minimum absolute atomic E-state index is 0.0777. The molecule has 9 nitrogen and oxygen atoms in total. The Kier molecular flexibility index (Phi) is 12.6. The van der Waals surface area contributed by atoms with Gasteiger partial charge < -0.3 is 24.4 Å². The van der Waals surface area contributed by atoms with E-state index in [0.29, 0.717) is 25.6 Å². The summed E-state index contributed by atoms with van der Waals surface area (Å²) in [4.78, 5) is 28.4. The number of halogens is 1. The molecule has 4 heterocycles. The van der Waals surface area contributed by atoms with Crippen LogP contribution in [0.15, 0.2) is 18.2 Å². The quantitative estimate of drug-likeness (QED) is 0.242. The topological polar surface area (TPSA) is 89.1 Å². The van der Waals surface area contributed by atoms with E-state index in [2.05, 4.69) is 64.9 Å². The average Bonchev–Trinajstić information content (AvgIpc) is 3.04. The standard InChI is InChI=1S/C36H56IN5O4/c1-6-15-36(16-7-2,25-45-30-10-8-9-23-44-30)32-28-24-27(37)11-12-29(28)39-33(40-32)31(26-13-17-38-18-14-26)41-19-21-42(22-20-41)34(43)46-35(3,4)5/h11-12,24,26,30-31,38H,6-10,13-23,25H2,1-5H3. The van der Waals surface area contributed by atoms with Crippen LogP contribution in [0.3, 0.4) is 0 Å². The largest absolute Gasteiger partial charge is 0.444 e. The SMILES string of the molecule is CCCC(CCC)(COC1CCCCO1)c1nc(C(C2CCNCC2)N2CCN(C(=O)OC(C)(C)C)CC2)nc2ccc(I)cc12. The molecule has 256 valence electrons. The number of amides is 1. The molecule has 1 aromatic heterocycles. The number of fused-ring (bicyclic) bond motifs is 1. The number of ether oxygens (including phenoxy) is 3. The molecule has 5 rings (SSSR count). The molecule has 1 amide bonds. The van der Waals surface area contributed by atoms with Crippen molar-refractivity contribution in [3.8, 4) is 0 Å². The lowest BCUT2D eigenvalue weighted by molar-refractivity contribution is -0.173. The summed E-state index contributed by atoms with van der Waals surface area (Å²) in [6, 6.07) is 6.69. The van der Waals surface area contributed by atoms with Crippen molar-refractivity contribution in [2.75, 3.05) is 52.5 Å². The Morgan fingerprint density at radius 1 is 1.04 bits per heavy atom. The normalized spacial score (nSPS) is 21.4. The Hall–Kier alpha value is -1.60. The number of carbonyl (C=O) groups excluding carboxylic acids is 1. The highest BCUT2D eigenvalue weighted by Gasteiger charge is 2.40. The van der Waals surface area contributed by atoms with E-state index in [1.165, 1.54) is 3.57 Å². The smallest absolute Gasteiger partial charge is 0.410 e. The Bertz CT molecular complexity index is 1280. The Balaban J connectivity index is 1.54. The van der Waals surface area contributed by atoms with Crippen molar-refractivity contribution in [2.24, 2.45) is 5.92 Å². The number of rotatable bonds is 11. The van der Waals surface area contributed by atoms with Crippen LogP contribution < -0.4 is 5.32 Å². The van der Waals surface area contributed by atoms with Crippen LogP contribution in [0.5, 0.6) is 0 Å². The molecular formula is C36H56IN5O4. The van der Waals surface area contributed by atoms with Crippen molar-refractivity contribution in [1.29, 1.82) is 0 Å². The molecule has 2 unspecified atom stereocenters. The van der Waals surface area contributed by atoms with Crippen LogP contribution in [0.25, 0.3) is 10.9 Å². The molecule has 46 heavy (non-hydrogen) atoms. The van der Waals surface area contributed by atoms with Crippen molar-refractivity contribution in [3.05, 3.63) is 33.3 Å². The van der Waals surface area contributed by atoms with E-state index in [-0.39, 0.29) is 23.8 Å². The van der Waals surface area contributed by atoms with E-state index in [0.717, 1.165) is 113 Å². The van der Waals surface area contributed by atoms with Crippen molar-refractivity contribution >= 4 is 39.6 Å². The van der Waals surface area contributed by atoms with Gasteiger partial charge in [-0.2, -0.15) is 0 Å². The van der Waals surface area contributed by atoms with E-state index in [1.807, 2.05) is 25.7 Å². The van der Waals surface area contributed by atoms with Crippen LogP contribution in [-0.2, 0) is 19.6 Å². The third-order valence-electron chi connectivity index (χ3n) is 9.77. The van der Waals surface area contributed by atoms with Crippen LogP contribution in [0.1, 0.15) is 110 Å². The lowest BCUT2D eigenvalue weighted by Gasteiger charge is -2.43. The minimum Gasteiger partial charge on any atom is -0.444 e. The maximum atomic E-state index is 12.9. The van der Waals surface area contributed by atoms with Gasteiger partial charge in [0.05, 0.1) is 23.9 Å². The number of carbonyl (C=O) groups is 1. The van der Waals surface area contributed by atoms with Crippen LogP contribution in [-0.4, -0.2) is 90.2 Å². The second kappa shape index (κ2) is 16.2. The monoisotopic (exact) mass is 749 g/mol. The van der Waals surface area contributed by atoms with Gasteiger partial charge in [-0.05, 0) is 126 Å². The van der Waals surface area contributed by atoms with Gasteiger partial charge in [0.15, 0.2) is 6.29 Å². The van der Waals surface area contributed by atoms with Gasteiger partial charge in [-0.25, -0.2) is 14.8 Å². The van der Waals surface area contributed by atoms with E-state index in [9.17, 15) is 4.79 Å². The fraction of sp³-hybridized carbons (Fsp3) is 0.750. The highest BCUT2D eigenvalue weighted by molar-refractivity contribution is 14.1. The van der Waals surface area contributed by atoms with Gasteiger partial charge in [0, 0.05) is 47.2 Å². The molecule has 3 aliphatic heterocycles. The lowest BCUT2D eigenvalue weighted by Crippen LogP contribution is -2.52. The first-order valence-electron chi connectivity index (χ1n) is 17.8. The first-order valence-corrected chi connectivity index (χ1v) is 18.8. The van der Waals surface area contributed by atoms with E-state index in [1.54, 1.807) is 0 Å². The molecule has 1 aromatic carbocycles. The van der Waals surface area contributed by atoms with Crippen LogP contribution >= 0.6 is 22.6 Å². The number of hydrogen-bond acceptors (Lipinski definition) is 8. The summed E-state index contributed by atoms with van der Waals surface area (Å²) in [7, 11) is 0. The number of nitrogens with one attached hydrogen (secondary N) is 1. The molecule has 0 spiro atoms. The van der Waals surface area contributed by atoms with Gasteiger partial charge in [0.25, 0.3) is 0 Å².